The lowest BCUT2D eigenvalue weighted by atomic mass is 10.0. The highest BCUT2D eigenvalue weighted by Crippen LogP contribution is 2.34. The van der Waals surface area contributed by atoms with Gasteiger partial charge in [-0.2, -0.15) is 0 Å². The van der Waals surface area contributed by atoms with Gasteiger partial charge in [-0.1, -0.05) is 29.3 Å². The fourth-order valence-electron chi connectivity index (χ4n) is 2.99. The summed E-state index contributed by atoms with van der Waals surface area (Å²) in [5, 5.41) is 5.93. The molecule has 0 bridgehead atoms. The van der Waals surface area contributed by atoms with E-state index in [4.69, 9.17) is 23.2 Å². The van der Waals surface area contributed by atoms with Gasteiger partial charge in [-0.15, -0.1) is 12.4 Å². The predicted molar refractivity (Wildman–Crippen MR) is 105 cm³/mol. The highest BCUT2D eigenvalue weighted by Gasteiger charge is 2.20. The topological polar surface area (TPSA) is 40.2 Å². The maximum atomic E-state index is 6.21. The summed E-state index contributed by atoms with van der Waals surface area (Å²) >= 11 is 12.4. The Morgan fingerprint density at radius 1 is 1.08 bits per heavy atom. The Morgan fingerprint density at radius 2 is 1.92 bits per heavy atom. The lowest BCUT2D eigenvalue weighted by Crippen LogP contribution is -2.19. The van der Waals surface area contributed by atoms with Gasteiger partial charge < -0.3 is 10.3 Å². The Labute approximate surface area is 156 Å². The minimum absolute atomic E-state index is 0. The fraction of sp³-hybridized carbons (Fsp3) is 0.167. The smallest absolute Gasteiger partial charge is 0.131 e. The van der Waals surface area contributed by atoms with Crippen LogP contribution in [0.2, 0.25) is 10.0 Å². The van der Waals surface area contributed by atoms with Crippen molar-refractivity contribution in [1.82, 2.24) is 10.3 Å². The van der Waals surface area contributed by atoms with Crippen LogP contribution in [0.3, 0.4) is 0 Å². The van der Waals surface area contributed by atoms with Crippen LogP contribution < -0.4 is 5.32 Å². The van der Waals surface area contributed by atoms with Crippen LogP contribution in [0.5, 0.6) is 0 Å². The Bertz CT molecular complexity index is 944. The molecule has 2 N–H and O–H groups in total. The monoisotopic (exact) mass is 379 g/mol. The van der Waals surface area contributed by atoms with E-state index in [2.05, 4.69) is 21.4 Å². The molecule has 2 heterocycles. The molecule has 0 spiro atoms. The molecule has 0 aliphatic carbocycles. The van der Waals surface area contributed by atoms with Crippen molar-refractivity contribution in [2.24, 2.45) is 4.99 Å². The third-order valence-corrected chi connectivity index (χ3v) is 4.78. The Kier molecular flexibility index (Phi) is 4.77. The van der Waals surface area contributed by atoms with Crippen LogP contribution in [0.4, 0.5) is 0 Å². The molecule has 0 saturated carbocycles. The first-order chi connectivity index (χ1) is 11.1. The SMILES string of the molecule is Cc1cc(-c2[nH]c3ccc(Cl)cc3c2C2=NCCN2)ccc1Cl.Cl. The number of hydrogen-bond acceptors (Lipinski definition) is 2. The van der Waals surface area contributed by atoms with Crippen LogP contribution in [0.25, 0.3) is 22.2 Å². The molecule has 24 heavy (non-hydrogen) atoms. The second-order valence-electron chi connectivity index (χ2n) is 5.69. The van der Waals surface area contributed by atoms with Crippen LogP contribution in [0.1, 0.15) is 11.1 Å². The maximum absolute atomic E-state index is 6.21. The summed E-state index contributed by atoms with van der Waals surface area (Å²) in [6.07, 6.45) is 0. The van der Waals surface area contributed by atoms with Gasteiger partial charge in [0.05, 0.1) is 12.2 Å². The van der Waals surface area contributed by atoms with Crippen molar-refractivity contribution in [2.45, 2.75) is 6.92 Å². The number of aromatic nitrogens is 1. The molecule has 1 aliphatic rings. The second kappa shape index (κ2) is 6.67. The molecule has 1 aliphatic heterocycles. The molecule has 0 fully saturated rings. The van der Waals surface area contributed by atoms with E-state index in [0.717, 1.165) is 62.3 Å². The standard InChI is InChI=1S/C18H15Cl2N3.ClH/c1-10-8-11(2-4-14(10)20)17-16(18-21-6-7-22-18)13-9-12(19)3-5-15(13)23-17;/h2-5,8-9,23H,6-7H2,1H3,(H,21,22);1H. The summed E-state index contributed by atoms with van der Waals surface area (Å²) in [4.78, 5) is 8.11. The molecule has 0 unspecified atom stereocenters. The quantitative estimate of drug-likeness (QED) is 0.628. The van der Waals surface area contributed by atoms with Crippen LogP contribution in [0, 0.1) is 6.92 Å². The fourth-order valence-corrected chi connectivity index (χ4v) is 3.28. The molecule has 3 aromatic rings. The van der Waals surface area contributed by atoms with Gasteiger partial charge in [-0.3, -0.25) is 4.99 Å². The molecular formula is C18H16Cl3N3. The van der Waals surface area contributed by atoms with Crippen molar-refractivity contribution in [3.05, 3.63) is 57.6 Å². The average molecular weight is 381 g/mol. The summed E-state index contributed by atoms with van der Waals surface area (Å²) in [6.45, 7) is 3.67. The number of nitrogens with one attached hydrogen (secondary N) is 2. The third kappa shape index (κ3) is 2.88. The molecule has 4 rings (SSSR count). The van der Waals surface area contributed by atoms with E-state index in [0.29, 0.717) is 0 Å². The minimum Gasteiger partial charge on any atom is -0.368 e. The number of H-pyrrole nitrogens is 1. The summed E-state index contributed by atoms with van der Waals surface area (Å²) in [7, 11) is 0. The molecule has 0 radical (unpaired) electrons. The number of rotatable bonds is 2. The number of nitrogens with zero attached hydrogens (tertiary/aromatic N) is 1. The normalized spacial score (nSPS) is 13.5. The zero-order valence-corrected chi connectivity index (χ0v) is 15.3. The van der Waals surface area contributed by atoms with Crippen molar-refractivity contribution in [3.8, 4) is 11.3 Å². The van der Waals surface area contributed by atoms with E-state index in [9.17, 15) is 0 Å². The first-order valence-electron chi connectivity index (χ1n) is 7.50. The van der Waals surface area contributed by atoms with Crippen molar-refractivity contribution >= 4 is 52.3 Å². The molecule has 124 valence electrons. The molecule has 1 aromatic heterocycles. The highest BCUT2D eigenvalue weighted by atomic mass is 35.5. The highest BCUT2D eigenvalue weighted by molar-refractivity contribution is 6.32. The lowest BCUT2D eigenvalue weighted by Gasteiger charge is -2.08. The number of aliphatic imine (C=N–C) groups is 1. The van der Waals surface area contributed by atoms with Gasteiger partial charge in [0.25, 0.3) is 0 Å². The second-order valence-corrected chi connectivity index (χ2v) is 6.53. The van der Waals surface area contributed by atoms with Gasteiger partial charge in [-0.25, -0.2) is 0 Å². The van der Waals surface area contributed by atoms with E-state index < -0.39 is 0 Å². The third-order valence-electron chi connectivity index (χ3n) is 4.12. The van der Waals surface area contributed by atoms with Gasteiger partial charge in [0.15, 0.2) is 0 Å². The first-order valence-corrected chi connectivity index (χ1v) is 8.25. The Balaban J connectivity index is 0.00000169. The average Bonchev–Trinajstić information content (AvgIpc) is 3.16. The van der Waals surface area contributed by atoms with E-state index in [1.807, 2.05) is 37.3 Å². The maximum Gasteiger partial charge on any atom is 0.131 e. The van der Waals surface area contributed by atoms with Crippen LogP contribution in [-0.4, -0.2) is 23.9 Å². The largest absolute Gasteiger partial charge is 0.368 e. The number of benzene rings is 2. The molecule has 6 heteroatoms. The van der Waals surface area contributed by atoms with Gasteiger partial charge in [0.1, 0.15) is 5.84 Å². The molecule has 0 amide bonds. The van der Waals surface area contributed by atoms with Gasteiger partial charge in [0.2, 0.25) is 0 Å². The number of fused-ring (bicyclic) bond motifs is 1. The number of aromatic amines is 1. The Morgan fingerprint density at radius 3 is 2.62 bits per heavy atom. The van der Waals surface area contributed by atoms with Crippen LogP contribution >= 0.6 is 35.6 Å². The number of amidine groups is 1. The van der Waals surface area contributed by atoms with Crippen molar-refractivity contribution in [2.75, 3.05) is 13.1 Å². The van der Waals surface area contributed by atoms with Crippen molar-refractivity contribution in [3.63, 3.8) is 0 Å². The Hall–Kier alpha value is -1.68. The number of hydrogen-bond donors (Lipinski definition) is 2. The summed E-state index contributed by atoms with van der Waals surface area (Å²) in [6, 6.07) is 11.9. The van der Waals surface area contributed by atoms with Gasteiger partial charge in [0, 0.05) is 33.1 Å². The van der Waals surface area contributed by atoms with Crippen molar-refractivity contribution in [1.29, 1.82) is 0 Å². The first kappa shape index (κ1) is 17.2. The zero-order chi connectivity index (χ0) is 16.0. The van der Waals surface area contributed by atoms with E-state index >= 15 is 0 Å². The van der Waals surface area contributed by atoms with E-state index in [1.54, 1.807) is 0 Å². The van der Waals surface area contributed by atoms with E-state index in [1.165, 1.54) is 0 Å². The number of aryl methyl sites for hydroxylation is 1. The van der Waals surface area contributed by atoms with Gasteiger partial charge in [-0.05, 0) is 48.4 Å². The van der Waals surface area contributed by atoms with Crippen LogP contribution in [0.15, 0.2) is 41.4 Å². The molecular weight excluding hydrogens is 365 g/mol. The van der Waals surface area contributed by atoms with Crippen molar-refractivity contribution < 1.29 is 0 Å². The zero-order valence-electron chi connectivity index (χ0n) is 13.0. The molecule has 0 atom stereocenters. The van der Waals surface area contributed by atoms with Gasteiger partial charge >= 0.3 is 0 Å². The predicted octanol–water partition coefficient (Wildman–Crippen LogP) is 5.22. The molecule has 0 saturated heterocycles. The minimum atomic E-state index is 0. The number of halogens is 3. The lowest BCUT2D eigenvalue weighted by molar-refractivity contribution is 0.960. The summed E-state index contributed by atoms with van der Waals surface area (Å²) in [5.41, 5.74) is 5.29. The molecule has 3 nitrogen and oxygen atoms in total. The summed E-state index contributed by atoms with van der Waals surface area (Å²) < 4.78 is 0. The summed E-state index contributed by atoms with van der Waals surface area (Å²) in [5.74, 6) is 0.918. The van der Waals surface area contributed by atoms with Crippen LogP contribution in [-0.2, 0) is 0 Å². The van der Waals surface area contributed by atoms with E-state index in [-0.39, 0.29) is 12.4 Å². The molecule has 2 aromatic carbocycles.